The Balaban J connectivity index is 2.20. The second-order valence-corrected chi connectivity index (χ2v) is 4.94. The molecule has 0 saturated heterocycles. The van der Waals surface area contributed by atoms with Crippen LogP contribution in [0.2, 0.25) is 0 Å². The van der Waals surface area contributed by atoms with Gasteiger partial charge in [0.25, 0.3) is 0 Å². The summed E-state index contributed by atoms with van der Waals surface area (Å²) in [5.41, 5.74) is 2.08. The second kappa shape index (κ2) is 5.45. The van der Waals surface area contributed by atoms with Crippen LogP contribution in [0.15, 0.2) is 28.3 Å². The van der Waals surface area contributed by atoms with E-state index in [9.17, 15) is 4.79 Å². The number of hydrogen-bond donors (Lipinski definition) is 0. The number of aromatic nitrogens is 1. The van der Waals surface area contributed by atoms with Gasteiger partial charge in [0.1, 0.15) is 0 Å². The first-order chi connectivity index (χ1) is 8.19. The topological polar surface area (TPSA) is 39.2 Å². The van der Waals surface area contributed by atoms with Crippen molar-refractivity contribution in [1.29, 1.82) is 0 Å². The summed E-state index contributed by atoms with van der Waals surface area (Å²) in [4.78, 5) is 15.7. The van der Waals surface area contributed by atoms with Gasteiger partial charge >= 0.3 is 0 Å². The van der Waals surface area contributed by atoms with E-state index in [1.54, 1.807) is 13.2 Å². The molecule has 0 amide bonds. The third-order valence-corrected chi connectivity index (χ3v) is 3.50. The molecule has 2 rings (SSSR count). The van der Waals surface area contributed by atoms with Crippen molar-refractivity contribution < 1.29 is 9.53 Å². The van der Waals surface area contributed by atoms with E-state index in [1.165, 1.54) is 0 Å². The summed E-state index contributed by atoms with van der Waals surface area (Å²) in [6, 6.07) is 3.74. The average Bonchev–Trinajstić information content (AvgIpc) is 2.32. The van der Waals surface area contributed by atoms with Crippen LogP contribution in [0.4, 0.5) is 0 Å². The van der Waals surface area contributed by atoms with Gasteiger partial charge in [-0.3, -0.25) is 4.79 Å². The van der Waals surface area contributed by atoms with Gasteiger partial charge in [-0.15, -0.1) is 0 Å². The zero-order chi connectivity index (χ0) is 12.3. The minimum atomic E-state index is 0.227. The summed E-state index contributed by atoms with van der Waals surface area (Å²) in [6.45, 7) is 0. The summed E-state index contributed by atoms with van der Waals surface area (Å²) < 4.78 is 6.06. The monoisotopic (exact) mass is 295 g/mol. The molecule has 1 aromatic heterocycles. The first kappa shape index (κ1) is 12.3. The molecule has 0 N–H and O–H groups in total. The highest BCUT2D eigenvalue weighted by Gasteiger charge is 2.13. The first-order valence-corrected chi connectivity index (χ1v) is 6.40. The van der Waals surface area contributed by atoms with Crippen LogP contribution in [0.1, 0.15) is 25.0 Å². The summed E-state index contributed by atoms with van der Waals surface area (Å²) in [7, 11) is 1.60. The normalized spacial score (nSPS) is 15.6. The number of allylic oxidation sites excluding steroid dienone is 2. The largest absolute Gasteiger partial charge is 0.481 e. The maximum Gasteiger partial charge on any atom is 0.213 e. The van der Waals surface area contributed by atoms with Crippen LogP contribution in [0, 0.1) is 0 Å². The Kier molecular flexibility index (Phi) is 3.94. The molecule has 1 aliphatic rings. The van der Waals surface area contributed by atoms with Gasteiger partial charge in [-0.1, -0.05) is 5.57 Å². The number of carbonyl (C=O) groups is 1. The number of ketones is 1. The molecule has 0 saturated carbocycles. The Morgan fingerprint density at radius 3 is 2.94 bits per heavy atom. The number of halogens is 1. The van der Waals surface area contributed by atoms with E-state index in [0.717, 1.165) is 28.6 Å². The Morgan fingerprint density at radius 1 is 1.41 bits per heavy atom. The number of ether oxygens (including phenoxy) is 1. The maximum absolute atomic E-state index is 11.3. The van der Waals surface area contributed by atoms with E-state index >= 15 is 0 Å². The number of methoxy groups -OCH3 is 1. The second-order valence-electron chi connectivity index (χ2n) is 4.08. The summed E-state index contributed by atoms with van der Waals surface area (Å²) in [6.07, 6.45) is 5.08. The molecule has 90 valence electrons. The summed E-state index contributed by atoms with van der Waals surface area (Å²) in [5.74, 6) is 0.830. The molecule has 0 aromatic carbocycles. The highest BCUT2D eigenvalue weighted by Crippen LogP contribution is 2.24. The molecule has 17 heavy (non-hydrogen) atoms. The van der Waals surface area contributed by atoms with E-state index in [2.05, 4.69) is 20.9 Å². The Bertz CT molecular complexity index is 468. The van der Waals surface area contributed by atoms with Crippen molar-refractivity contribution in [2.75, 3.05) is 7.11 Å². The smallest absolute Gasteiger partial charge is 0.213 e. The van der Waals surface area contributed by atoms with E-state index < -0.39 is 0 Å². The molecular formula is C13H14BrNO2. The first-order valence-electron chi connectivity index (χ1n) is 5.60. The van der Waals surface area contributed by atoms with Crippen LogP contribution in [0.3, 0.4) is 0 Å². The quantitative estimate of drug-likeness (QED) is 0.860. The molecule has 3 nitrogen and oxygen atoms in total. The van der Waals surface area contributed by atoms with Gasteiger partial charge in [0.05, 0.1) is 12.8 Å². The predicted octanol–water partition coefficient (Wildman–Crippen LogP) is 3.07. The summed E-state index contributed by atoms with van der Waals surface area (Å²) >= 11 is 3.47. The number of carbonyl (C=O) groups excluding carboxylic acids is 1. The Hall–Kier alpha value is -1.16. The molecule has 0 aliphatic heterocycles. The Morgan fingerprint density at radius 2 is 2.24 bits per heavy atom. The van der Waals surface area contributed by atoms with Crippen LogP contribution in [-0.2, 0) is 11.2 Å². The highest BCUT2D eigenvalue weighted by atomic mass is 79.9. The molecule has 0 bridgehead atoms. The van der Waals surface area contributed by atoms with Crippen LogP contribution in [0.5, 0.6) is 5.88 Å². The molecule has 1 aliphatic carbocycles. The van der Waals surface area contributed by atoms with Crippen molar-refractivity contribution in [2.24, 2.45) is 0 Å². The van der Waals surface area contributed by atoms with Gasteiger partial charge in [-0.25, -0.2) is 4.98 Å². The predicted molar refractivity (Wildman–Crippen MR) is 69.1 cm³/mol. The lowest BCUT2D eigenvalue weighted by atomic mass is 9.95. The SMILES string of the molecule is COc1ccc(Br)c(CC2=CC(=O)CCC2)n1. The molecule has 0 unspecified atom stereocenters. The van der Waals surface area contributed by atoms with E-state index in [-0.39, 0.29) is 5.78 Å². The van der Waals surface area contributed by atoms with Gasteiger partial charge in [0.2, 0.25) is 5.88 Å². The van der Waals surface area contributed by atoms with Crippen LogP contribution >= 0.6 is 15.9 Å². The van der Waals surface area contributed by atoms with E-state index in [0.29, 0.717) is 18.7 Å². The van der Waals surface area contributed by atoms with Crippen molar-refractivity contribution in [2.45, 2.75) is 25.7 Å². The molecule has 0 atom stereocenters. The zero-order valence-corrected chi connectivity index (χ0v) is 11.3. The van der Waals surface area contributed by atoms with Crippen molar-refractivity contribution in [3.8, 4) is 5.88 Å². The van der Waals surface area contributed by atoms with Crippen molar-refractivity contribution >= 4 is 21.7 Å². The molecule has 1 heterocycles. The summed E-state index contributed by atoms with van der Waals surface area (Å²) in [5, 5.41) is 0. The number of rotatable bonds is 3. The number of nitrogens with zero attached hydrogens (tertiary/aromatic N) is 1. The highest BCUT2D eigenvalue weighted by molar-refractivity contribution is 9.10. The average molecular weight is 296 g/mol. The lowest BCUT2D eigenvalue weighted by molar-refractivity contribution is -0.115. The van der Waals surface area contributed by atoms with Gasteiger partial charge in [0.15, 0.2) is 5.78 Å². The van der Waals surface area contributed by atoms with Gasteiger partial charge in [0, 0.05) is 23.4 Å². The van der Waals surface area contributed by atoms with Crippen molar-refractivity contribution in [3.05, 3.63) is 33.9 Å². The minimum Gasteiger partial charge on any atom is -0.481 e. The maximum atomic E-state index is 11.3. The van der Waals surface area contributed by atoms with E-state index in [1.807, 2.05) is 12.1 Å². The van der Waals surface area contributed by atoms with Crippen molar-refractivity contribution in [1.82, 2.24) is 4.98 Å². The molecule has 4 heteroatoms. The lowest BCUT2D eigenvalue weighted by Crippen LogP contribution is -2.06. The van der Waals surface area contributed by atoms with Gasteiger partial charge < -0.3 is 4.74 Å². The molecule has 0 fully saturated rings. The number of pyridine rings is 1. The zero-order valence-electron chi connectivity index (χ0n) is 9.70. The van der Waals surface area contributed by atoms with Crippen molar-refractivity contribution in [3.63, 3.8) is 0 Å². The van der Waals surface area contributed by atoms with Gasteiger partial charge in [-0.2, -0.15) is 0 Å². The fourth-order valence-corrected chi connectivity index (χ4v) is 2.28. The van der Waals surface area contributed by atoms with E-state index in [4.69, 9.17) is 4.74 Å². The van der Waals surface area contributed by atoms with Crippen LogP contribution in [0.25, 0.3) is 0 Å². The van der Waals surface area contributed by atoms with Gasteiger partial charge in [-0.05, 0) is 40.9 Å². The fourth-order valence-electron chi connectivity index (χ4n) is 1.92. The molecule has 1 aromatic rings. The molecule has 0 radical (unpaired) electrons. The molecule has 0 spiro atoms. The number of hydrogen-bond acceptors (Lipinski definition) is 3. The molecular weight excluding hydrogens is 282 g/mol. The van der Waals surface area contributed by atoms with Crippen LogP contribution < -0.4 is 4.74 Å². The lowest BCUT2D eigenvalue weighted by Gasteiger charge is -2.12. The minimum absolute atomic E-state index is 0.227. The third kappa shape index (κ3) is 3.16. The standard InChI is InChI=1S/C13H14BrNO2/c1-17-13-6-5-11(14)12(15-13)8-9-3-2-4-10(16)7-9/h5-7H,2-4,8H2,1H3. The van der Waals surface area contributed by atoms with Crippen LogP contribution in [-0.4, -0.2) is 17.9 Å². The third-order valence-electron chi connectivity index (χ3n) is 2.78. The fraction of sp³-hybridized carbons (Fsp3) is 0.385. The Labute approximate surface area is 109 Å².